The van der Waals surface area contributed by atoms with Gasteiger partial charge in [0.1, 0.15) is 23.2 Å². The van der Waals surface area contributed by atoms with Crippen LogP contribution in [0.15, 0.2) is 60.9 Å². The van der Waals surface area contributed by atoms with Crippen molar-refractivity contribution in [3.8, 4) is 39.5 Å². The van der Waals surface area contributed by atoms with Crippen LogP contribution in [0.2, 0.25) is 0 Å². The molecular weight excluding hydrogens is 814 g/mol. The fourth-order valence-corrected chi connectivity index (χ4v) is 11.7. The van der Waals surface area contributed by atoms with E-state index in [0.29, 0.717) is 53.8 Å². The van der Waals surface area contributed by atoms with Crippen molar-refractivity contribution in [2.75, 3.05) is 13.1 Å². The molecule has 2 N–H and O–H groups in total. The highest BCUT2D eigenvalue weighted by molar-refractivity contribution is 7.12. The summed E-state index contributed by atoms with van der Waals surface area (Å²) < 4.78 is 31.7. The Morgan fingerprint density at radius 3 is 2.16 bits per heavy atom. The second-order valence-corrected chi connectivity index (χ2v) is 20.3. The molecule has 63 heavy (non-hydrogen) atoms. The Labute approximate surface area is 372 Å². The molecule has 2 aromatic carbocycles. The van der Waals surface area contributed by atoms with Gasteiger partial charge in [0.15, 0.2) is 0 Å². The lowest BCUT2D eigenvalue weighted by Crippen LogP contribution is -2.36. The van der Waals surface area contributed by atoms with Gasteiger partial charge in [-0.25, -0.2) is 14.4 Å². The molecule has 6 aromatic rings. The highest BCUT2D eigenvalue weighted by Crippen LogP contribution is 2.49. The number of amides is 2. The molecule has 4 aliphatic heterocycles. The number of H-pyrrole nitrogens is 2. The maximum absolute atomic E-state index is 16.8. The minimum atomic E-state index is -0.517. The molecule has 0 bridgehead atoms. The lowest BCUT2D eigenvalue weighted by molar-refractivity contribution is -0.135. The number of nitrogens with one attached hydrogen (secondary N) is 2. The minimum Gasteiger partial charge on any atom is -0.464 e. The summed E-state index contributed by atoms with van der Waals surface area (Å²) in [5.74, 6) is 2.91. The Hall–Kier alpha value is -5.27. The molecule has 11 nitrogen and oxygen atoms in total. The van der Waals surface area contributed by atoms with Gasteiger partial charge in [-0.05, 0) is 113 Å². The van der Waals surface area contributed by atoms with Crippen molar-refractivity contribution in [3.63, 3.8) is 0 Å². The number of aromatic amines is 2. The molecule has 0 saturated carbocycles. The molecule has 13 heteroatoms. The first kappa shape index (κ1) is 41.7. The quantitative estimate of drug-likeness (QED) is 0.141. The zero-order chi connectivity index (χ0) is 43.7. The molecule has 3 saturated heterocycles. The van der Waals surface area contributed by atoms with Crippen molar-refractivity contribution in [2.45, 2.75) is 129 Å². The minimum absolute atomic E-state index is 0.0834. The average Bonchev–Trinajstić information content (AvgIpc) is 4.09. The summed E-state index contributed by atoms with van der Waals surface area (Å²) >= 11 is 1.72. The van der Waals surface area contributed by atoms with Crippen molar-refractivity contribution in [2.24, 2.45) is 11.8 Å². The van der Waals surface area contributed by atoms with Crippen LogP contribution in [0.5, 0.6) is 5.75 Å². The highest BCUT2D eigenvalue weighted by atomic mass is 32.1. The van der Waals surface area contributed by atoms with Gasteiger partial charge in [-0.15, -0.1) is 11.3 Å². The molecule has 0 aliphatic carbocycles. The number of rotatable bonds is 10. The Kier molecular flexibility index (Phi) is 11.1. The third-order valence-electron chi connectivity index (χ3n) is 13.5. The maximum atomic E-state index is 16.8. The van der Waals surface area contributed by atoms with Gasteiger partial charge < -0.3 is 29.2 Å². The normalized spacial score (nSPS) is 23.5. The van der Waals surface area contributed by atoms with E-state index in [0.717, 1.165) is 89.4 Å². The van der Waals surface area contributed by atoms with Crippen LogP contribution in [0.4, 0.5) is 4.39 Å². The number of benzene rings is 2. The number of aromatic nitrogens is 5. The number of ether oxygens (including phenoxy) is 2. The Balaban J connectivity index is 0.962. The third kappa shape index (κ3) is 7.89. The lowest BCUT2D eigenvalue weighted by atomic mass is 9.89. The van der Waals surface area contributed by atoms with Crippen molar-refractivity contribution >= 4 is 34.1 Å². The molecular formula is C50H58FN7O4S. The number of carbonyl (C=O) groups excluding carboxylic acids is 2. The number of nitrogens with zero attached hydrogens (tertiary/aromatic N) is 5. The number of halogens is 1. The first-order valence-corrected chi connectivity index (χ1v) is 23.8. The fraction of sp³-hybridized carbons (Fsp3) is 0.480. The predicted octanol–water partition coefficient (Wildman–Crippen LogP) is 11.3. The largest absolute Gasteiger partial charge is 0.464 e. The van der Waals surface area contributed by atoms with Gasteiger partial charge in [0.2, 0.25) is 18.0 Å². The van der Waals surface area contributed by atoms with Crippen molar-refractivity contribution in [1.29, 1.82) is 0 Å². The summed E-state index contributed by atoms with van der Waals surface area (Å²) in [5.41, 5.74) is 5.22. The van der Waals surface area contributed by atoms with Crippen molar-refractivity contribution in [3.05, 3.63) is 88.1 Å². The SMILES string of the molecule is CC(C)CC(=O)N1CCCC1c1ncc(-c2cc(F)c3c(c2)OC(c2ccc(C(C)C)s2)n2c-3cc3cc(-c4cnc(C5CCCN5C(=O)CC5CC(C)OC(C)C5)[nH]4)ccc32)[nH]1. The smallest absolute Gasteiger partial charge is 0.223 e. The van der Waals surface area contributed by atoms with Crippen molar-refractivity contribution < 1.29 is 23.5 Å². The van der Waals surface area contributed by atoms with Crippen LogP contribution >= 0.6 is 11.3 Å². The van der Waals surface area contributed by atoms with Crippen LogP contribution in [0.3, 0.4) is 0 Å². The molecule has 5 atom stereocenters. The zero-order valence-electron chi connectivity index (χ0n) is 37.1. The second-order valence-electron chi connectivity index (χ2n) is 19.1. The monoisotopic (exact) mass is 871 g/mol. The number of hydrogen-bond acceptors (Lipinski definition) is 7. The number of thiophene rings is 1. The Morgan fingerprint density at radius 1 is 0.841 bits per heavy atom. The summed E-state index contributed by atoms with van der Waals surface area (Å²) in [5, 5.41) is 0.952. The van der Waals surface area contributed by atoms with Gasteiger partial charge in [-0.2, -0.15) is 0 Å². The van der Waals surface area contributed by atoms with Crippen LogP contribution < -0.4 is 4.74 Å². The van der Waals surface area contributed by atoms with Gasteiger partial charge in [0.05, 0.1) is 69.7 Å². The number of imidazole rings is 2. The standard InChI is InChI=1S/C50H58FN7O4S/c1-27(2)17-45(59)56-15-7-9-39(56)49-53-26-37(55-49)33-22-35(51)47-41-23-34-21-32(11-12-38(34)58(41)50(62-42(47)24-33)44-14-13-43(63-44)28(3)4)36-25-52-48(54-36)40-10-8-16-57(40)46(60)20-31-18-29(5)61-30(6)19-31/h11-14,21-31,39-40,50H,7-10,15-20H2,1-6H3,(H,52,54)(H,53,55). The highest BCUT2D eigenvalue weighted by Gasteiger charge is 2.37. The van der Waals surface area contributed by atoms with E-state index < -0.39 is 6.23 Å². The molecule has 10 rings (SSSR count). The number of carbonyl (C=O) groups is 2. The Morgan fingerprint density at radius 2 is 1.51 bits per heavy atom. The summed E-state index contributed by atoms with van der Waals surface area (Å²) in [6.07, 6.45) is 9.90. The first-order valence-electron chi connectivity index (χ1n) is 23.0. The Bertz CT molecular complexity index is 2670. The molecule has 8 heterocycles. The summed E-state index contributed by atoms with van der Waals surface area (Å²) in [4.78, 5) is 49.7. The topological polar surface area (TPSA) is 121 Å². The van der Waals surface area contributed by atoms with E-state index in [1.54, 1.807) is 23.6 Å². The van der Waals surface area contributed by atoms with E-state index in [-0.39, 0.29) is 47.8 Å². The van der Waals surface area contributed by atoms with E-state index in [4.69, 9.17) is 19.4 Å². The van der Waals surface area contributed by atoms with Gasteiger partial charge in [0.25, 0.3) is 0 Å². The summed E-state index contributed by atoms with van der Waals surface area (Å²) in [6, 6.07) is 15.9. The van der Waals surface area contributed by atoms with E-state index in [9.17, 15) is 9.59 Å². The number of likely N-dealkylation sites (tertiary alicyclic amines) is 2. The number of hydrogen-bond donors (Lipinski definition) is 2. The molecule has 330 valence electrons. The summed E-state index contributed by atoms with van der Waals surface area (Å²) in [7, 11) is 0. The van der Waals surface area contributed by atoms with E-state index in [1.165, 1.54) is 4.88 Å². The van der Waals surface area contributed by atoms with Crippen LogP contribution in [-0.4, -0.2) is 71.4 Å². The average molecular weight is 872 g/mol. The zero-order valence-corrected chi connectivity index (χ0v) is 37.9. The lowest BCUT2D eigenvalue weighted by Gasteiger charge is -2.33. The maximum Gasteiger partial charge on any atom is 0.223 e. The van der Waals surface area contributed by atoms with Gasteiger partial charge in [0, 0.05) is 47.3 Å². The van der Waals surface area contributed by atoms with Crippen molar-refractivity contribution in [1.82, 2.24) is 34.3 Å². The van der Waals surface area contributed by atoms with Gasteiger partial charge in [-0.3, -0.25) is 14.2 Å². The number of fused-ring (bicyclic) bond motifs is 5. The van der Waals surface area contributed by atoms with E-state index in [2.05, 4.69) is 92.5 Å². The van der Waals surface area contributed by atoms with E-state index in [1.807, 2.05) is 22.1 Å². The molecule has 4 aliphatic rings. The third-order valence-corrected chi connectivity index (χ3v) is 14.9. The first-order chi connectivity index (χ1) is 30.4. The fourth-order valence-electron chi connectivity index (χ4n) is 10.6. The van der Waals surface area contributed by atoms with Gasteiger partial charge in [-0.1, -0.05) is 33.8 Å². The second kappa shape index (κ2) is 16.7. The van der Waals surface area contributed by atoms with Gasteiger partial charge >= 0.3 is 0 Å². The molecule has 3 fully saturated rings. The molecule has 2 amide bonds. The van der Waals surface area contributed by atoms with Crippen LogP contribution in [0, 0.1) is 17.7 Å². The van der Waals surface area contributed by atoms with E-state index >= 15 is 4.39 Å². The molecule has 4 aromatic heterocycles. The molecule has 0 spiro atoms. The van der Waals surface area contributed by atoms with Crippen LogP contribution in [-0.2, 0) is 14.3 Å². The molecule has 0 radical (unpaired) electrons. The van der Waals surface area contributed by atoms with Crippen LogP contribution in [0.1, 0.15) is 139 Å². The predicted molar refractivity (Wildman–Crippen MR) is 244 cm³/mol. The summed E-state index contributed by atoms with van der Waals surface area (Å²) in [6.45, 7) is 14.2. The molecule has 5 unspecified atom stereocenters. The van der Waals surface area contributed by atoms with Crippen LogP contribution in [0.25, 0.3) is 44.7 Å².